The van der Waals surface area contributed by atoms with E-state index in [-0.39, 0.29) is 0 Å². The Bertz CT molecular complexity index is 246. The van der Waals surface area contributed by atoms with Crippen LogP contribution in [0.25, 0.3) is 0 Å². The lowest BCUT2D eigenvalue weighted by molar-refractivity contribution is -0.119. The van der Waals surface area contributed by atoms with Crippen molar-refractivity contribution in [1.29, 1.82) is 0 Å². The number of hydrogen-bond donors (Lipinski definition) is 2. The zero-order chi connectivity index (χ0) is 9.78. The maximum atomic E-state index is 11.1. The van der Waals surface area contributed by atoms with Crippen molar-refractivity contribution in [2.45, 2.75) is 19.1 Å². The zero-order valence-electron chi connectivity index (χ0n) is 7.42. The van der Waals surface area contributed by atoms with Crippen molar-refractivity contribution in [3.8, 4) is 0 Å². The fraction of sp³-hybridized carbons (Fsp3) is 0.833. The molecule has 0 aliphatic rings. The molecule has 0 radical (unpaired) electrons. The van der Waals surface area contributed by atoms with Crippen LogP contribution < -0.4 is 10.9 Å². The number of hydrazine groups is 1. The van der Waals surface area contributed by atoms with E-state index in [0.29, 0.717) is 0 Å². The number of nitrogens with one attached hydrogen (secondary N) is 2. The summed E-state index contributed by atoms with van der Waals surface area (Å²) in [6.45, 7) is 3.09. The van der Waals surface area contributed by atoms with E-state index in [2.05, 4.69) is 10.9 Å². The minimum absolute atomic E-state index is 0.467. The van der Waals surface area contributed by atoms with E-state index in [0.717, 1.165) is 0 Å². The second-order valence-electron chi connectivity index (χ2n) is 2.65. The van der Waals surface area contributed by atoms with Crippen LogP contribution in [-0.2, 0) is 14.6 Å². The molecule has 0 saturated carbocycles. The molecular weight excluding hydrogens is 180 g/mol. The van der Waals surface area contributed by atoms with E-state index in [1.807, 2.05) is 0 Å². The molecule has 0 aromatic carbocycles. The van der Waals surface area contributed by atoms with Crippen LogP contribution in [0.1, 0.15) is 13.8 Å². The van der Waals surface area contributed by atoms with Crippen LogP contribution in [0, 0.1) is 0 Å². The molecule has 72 valence electrons. The minimum atomic E-state index is -3.27. The molecule has 0 aromatic heterocycles. The molecule has 0 aliphatic heterocycles. The highest BCUT2D eigenvalue weighted by atomic mass is 32.2. The lowest BCUT2D eigenvalue weighted by atomic mass is 10.6. The van der Waals surface area contributed by atoms with Gasteiger partial charge in [-0.3, -0.25) is 10.2 Å². The first-order valence-corrected chi connectivity index (χ1v) is 5.29. The number of carbonyl (C=O) groups excluding carboxylic acids is 1. The molecular formula is C6H14N2O3S. The summed E-state index contributed by atoms with van der Waals surface area (Å²) in [7, 11) is -1.77. The van der Waals surface area contributed by atoms with Crippen molar-refractivity contribution in [2.75, 3.05) is 12.8 Å². The Labute approximate surface area is 72.4 Å². The molecule has 0 atom stereocenters. The van der Waals surface area contributed by atoms with Crippen molar-refractivity contribution < 1.29 is 13.2 Å². The Morgan fingerprint density at radius 2 is 1.92 bits per heavy atom. The first-order chi connectivity index (χ1) is 5.40. The summed E-state index contributed by atoms with van der Waals surface area (Å²) in [5.41, 5.74) is 4.55. The van der Waals surface area contributed by atoms with Gasteiger partial charge in [0, 0.05) is 7.05 Å². The molecule has 0 unspecified atom stereocenters. The Balaban J connectivity index is 4.17. The van der Waals surface area contributed by atoms with Crippen molar-refractivity contribution >= 4 is 15.7 Å². The van der Waals surface area contributed by atoms with Crippen molar-refractivity contribution in [2.24, 2.45) is 0 Å². The summed E-state index contributed by atoms with van der Waals surface area (Å²) in [5, 5.41) is -0.514. The van der Waals surface area contributed by atoms with Crippen LogP contribution in [0.15, 0.2) is 0 Å². The van der Waals surface area contributed by atoms with Gasteiger partial charge in [0.2, 0.25) is 5.91 Å². The lowest BCUT2D eigenvalue weighted by Crippen LogP contribution is -2.39. The second-order valence-corrected chi connectivity index (χ2v) is 5.21. The van der Waals surface area contributed by atoms with E-state index in [9.17, 15) is 13.2 Å². The highest BCUT2D eigenvalue weighted by Gasteiger charge is 2.19. The van der Waals surface area contributed by atoms with Gasteiger partial charge in [0.1, 0.15) is 5.75 Å². The third-order valence-corrected chi connectivity index (χ3v) is 3.42. The molecule has 0 aliphatic carbocycles. The Kier molecular flexibility index (Phi) is 4.19. The van der Waals surface area contributed by atoms with Gasteiger partial charge < -0.3 is 0 Å². The average molecular weight is 194 g/mol. The van der Waals surface area contributed by atoms with Crippen molar-refractivity contribution in [1.82, 2.24) is 10.9 Å². The number of carbonyl (C=O) groups is 1. The Hall–Kier alpha value is -0.620. The van der Waals surface area contributed by atoms with Gasteiger partial charge in [-0.05, 0) is 13.8 Å². The van der Waals surface area contributed by atoms with Gasteiger partial charge in [-0.1, -0.05) is 0 Å². The Morgan fingerprint density at radius 1 is 1.42 bits per heavy atom. The summed E-state index contributed by atoms with van der Waals surface area (Å²) < 4.78 is 22.3. The molecule has 0 aromatic rings. The topological polar surface area (TPSA) is 75.3 Å². The first kappa shape index (κ1) is 11.4. The predicted molar refractivity (Wildman–Crippen MR) is 46.1 cm³/mol. The smallest absolute Gasteiger partial charge is 0.249 e. The molecule has 6 heteroatoms. The third-order valence-electron chi connectivity index (χ3n) is 1.31. The van der Waals surface area contributed by atoms with Gasteiger partial charge in [-0.25, -0.2) is 13.8 Å². The zero-order valence-corrected chi connectivity index (χ0v) is 8.23. The molecule has 0 heterocycles. The maximum Gasteiger partial charge on any atom is 0.249 e. The number of rotatable bonds is 4. The molecule has 0 bridgehead atoms. The van der Waals surface area contributed by atoms with E-state index in [1.165, 1.54) is 7.05 Å². The third kappa shape index (κ3) is 3.68. The molecule has 12 heavy (non-hydrogen) atoms. The summed E-state index contributed by atoms with van der Waals surface area (Å²) in [6.07, 6.45) is 0. The quantitative estimate of drug-likeness (QED) is 0.566. The first-order valence-electron chi connectivity index (χ1n) is 3.57. The van der Waals surface area contributed by atoms with Gasteiger partial charge in [-0.2, -0.15) is 0 Å². The lowest BCUT2D eigenvalue weighted by Gasteiger charge is -2.06. The number of sulfone groups is 1. The standard InChI is InChI=1S/C6H14N2O3S/c1-5(2)12(10,11)4-6(9)8-7-3/h5,7H,4H2,1-3H3,(H,8,9). The molecule has 0 saturated heterocycles. The SMILES string of the molecule is CNNC(=O)CS(=O)(=O)C(C)C. The Morgan fingerprint density at radius 3 is 2.25 bits per heavy atom. The summed E-state index contributed by atoms with van der Waals surface area (Å²) in [5.74, 6) is -1.00. The highest BCUT2D eigenvalue weighted by molar-refractivity contribution is 7.92. The highest BCUT2D eigenvalue weighted by Crippen LogP contribution is 1.99. The van der Waals surface area contributed by atoms with Crippen LogP contribution in [-0.4, -0.2) is 32.4 Å². The van der Waals surface area contributed by atoms with Gasteiger partial charge in [0.25, 0.3) is 0 Å². The normalized spacial score (nSPS) is 11.7. The van der Waals surface area contributed by atoms with Gasteiger partial charge in [0.15, 0.2) is 9.84 Å². The average Bonchev–Trinajstić information content (AvgIpc) is 1.85. The van der Waals surface area contributed by atoms with Crippen LogP contribution in [0.3, 0.4) is 0 Å². The molecule has 0 rings (SSSR count). The summed E-state index contributed by atoms with van der Waals surface area (Å²) in [6, 6.07) is 0. The summed E-state index contributed by atoms with van der Waals surface area (Å²) in [4.78, 5) is 10.8. The van der Waals surface area contributed by atoms with E-state index < -0.39 is 26.7 Å². The fourth-order valence-corrected chi connectivity index (χ4v) is 1.30. The molecule has 2 N–H and O–H groups in total. The van der Waals surface area contributed by atoms with Crippen LogP contribution >= 0.6 is 0 Å². The van der Waals surface area contributed by atoms with Gasteiger partial charge in [0.05, 0.1) is 5.25 Å². The monoisotopic (exact) mass is 194 g/mol. The largest absolute Gasteiger partial charge is 0.291 e. The van der Waals surface area contributed by atoms with Crippen molar-refractivity contribution in [3.05, 3.63) is 0 Å². The minimum Gasteiger partial charge on any atom is -0.291 e. The van der Waals surface area contributed by atoms with Crippen molar-refractivity contribution in [3.63, 3.8) is 0 Å². The van der Waals surface area contributed by atoms with E-state index >= 15 is 0 Å². The van der Waals surface area contributed by atoms with E-state index in [1.54, 1.807) is 13.8 Å². The predicted octanol–water partition coefficient (Wildman–Crippen LogP) is -0.940. The van der Waals surface area contributed by atoms with Gasteiger partial charge >= 0.3 is 0 Å². The van der Waals surface area contributed by atoms with Crippen LogP contribution in [0.2, 0.25) is 0 Å². The molecule has 0 fully saturated rings. The molecule has 5 nitrogen and oxygen atoms in total. The van der Waals surface area contributed by atoms with Crippen LogP contribution in [0.5, 0.6) is 0 Å². The maximum absolute atomic E-state index is 11.1. The van der Waals surface area contributed by atoms with Crippen LogP contribution in [0.4, 0.5) is 0 Å². The van der Waals surface area contributed by atoms with E-state index in [4.69, 9.17) is 0 Å². The number of hydrogen-bond acceptors (Lipinski definition) is 4. The second kappa shape index (κ2) is 4.42. The van der Waals surface area contributed by atoms with Gasteiger partial charge in [-0.15, -0.1) is 0 Å². The molecule has 1 amide bonds. The number of amides is 1. The summed E-state index contributed by atoms with van der Waals surface area (Å²) >= 11 is 0. The fourth-order valence-electron chi connectivity index (χ4n) is 0.525. The molecule has 0 spiro atoms.